The lowest BCUT2D eigenvalue weighted by molar-refractivity contribution is -0.123. The number of benzene rings is 2. The zero-order chi connectivity index (χ0) is 25.8. The Bertz CT molecular complexity index is 1230. The molecule has 1 saturated heterocycles. The van der Waals surface area contributed by atoms with Crippen molar-refractivity contribution in [2.24, 2.45) is 5.92 Å². The molecule has 9 heteroatoms. The van der Waals surface area contributed by atoms with Gasteiger partial charge in [0.2, 0.25) is 5.91 Å². The summed E-state index contributed by atoms with van der Waals surface area (Å²) in [6, 6.07) is 12.5. The minimum Gasteiger partial charge on any atom is -0.325 e. The van der Waals surface area contributed by atoms with Gasteiger partial charge in [0.15, 0.2) is 0 Å². The highest BCUT2D eigenvalue weighted by Gasteiger charge is 2.42. The van der Waals surface area contributed by atoms with Crippen LogP contribution in [0.25, 0.3) is 5.57 Å². The fourth-order valence-corrected chi connectivity index (χ4v) is 5.76. The van der Waals surface area contributed by atoms with Gasteiger partial charge in [0.1, 0.15) is 16.7 Å². The number of carbonyl (C=O) groups excluding carboxylic acids is 3. The molecule has 0 radical (unpaired) electrons. The highest BCUT2D eigenvalue weighted by atomic mass is 32.2. The number of hydrogen-bond donors (Lipinski definition) is 1. The quantitative estimate of drug-likeness (QED) is 0.341. The minimum absolute atomic E-state index is 0.244. The molecule has 2 aromatic carbocycles. The third-order valence-electron chi connectivity index (χ3n) is 6.41. The lowest BCUT2D eigenvalue weighted by Gasteiger charge is -2.21. The van der Waals surface area contributed by atoms with E-state index in [9.17, 15) is 18.8 Å². The van der Waals surface area contributed by atoms with Crippen molar-refractivity contribution < 1.29 is 18.8 Å². The van der Waals surface area contributed by atoms with E-state index in [0.717, 1.165) is 37.4 Å². The third kappa shape index (κ3) is 5.37. The van der Waals surface area contributed by atoms with Gasteiger partial charge in [-0.05, 0) is 42.7 Å². The van der Waals surface area contributed by atoms with Crippen LogP contribution in [0.2, 0.25) is 0 Å². The van der Waals surface area contributed by atoms with Gasteiger partial charge in [-0.2, -0.15) is 0 Å². The first-order chi connectivity index (χ1) is 17.3. The van der Waals surface area contributed by atoms with E-state index in [1.54, 1.807) is 29.2 Å². The molecule has 2 aromatic rings. The summed E-state index contributed by atoms with van der Waals surface area (Å²) in [6.07, 6.45) is 4.15. The summed E-state index contributed by atoms with van der Waals surface area (Å²) in [7, 11) is 0. The van der Waals surface area contributed by atoms with E-state index < -0.39 is 17.6 Å². The standard InChI is InChI=1S/C27H28FN3O3S2/c1-3-5-8-17(4-2)15-31-26(34)24(36-27(31)35)23-20-9-6-7-10-21(20)30(25(23)33)16-22(32)29-19-13-11-18(28)12-14-19/h6-7,9-14,17H,3-5,8,15-16H2,1-2H3,(H,29,32). The predicted octanol–water partition coefficient (Wildman–Crippen LogP) is 5.60. The summed E-state index contributed by atoms with van der Waals surface area (Å²) in [5.74, 6) is -1.16. The number of amides is 3. The van der Waals surface area contributed by atoms with Gasteiger partial charge in [-0.15, -0.1) is 0 Å². The Hall–Kier alpha value is -3.04. The molecular formula is C27H28FN3O3S2. The van der Waals surface area contributed by atoms with E-state index in [0.29, 0.717) is 38.6 Å². The van der Waals surface area contributed by atoms with Crippen molar-refractivity contribution in [3.63, 3.8) is 0 Å². The number of halogens is 1. The summed E-state index contributed by atoms with van der Waals surface area (Å²) in [5.41, 5.74) is 1.87. The first kappa shape index (κ1) is 26.0. The van der Waals surface area contributed by atoms with Crippen LogP contribution in [0.15, 0.2) is 53.4 Å². The molecule has 2 aliphatic rings. The number of nitrogens with zero attached hydrogens (tertiary/aromatic N) is 2. The van der Waals surface area contributed by atoms with E-state index in [1.807, 2.05) is 0 Å². The number of anilines is 2. The molecule has 1 atom stereocenters. The monoisotopic (exact) mass is 525 g/mol. The maximum atomic E-state index is 13.6. The van der Waals surface area contributed by atoms with Crippen LogP contribution in [0.3, 0.4) is 0 Å². The lowest BCUT2D eigenvalue weighted by Crippen LogP contribution is -2.36. The van der Waals surface area contributed by atoms with Gasteiger partial charge in [0.25, 0.3) is 11.8 Å². The van der Waals surface area contributed by atoms with Crippen molar-refractivity contribution in [3.05, 3.63) is 64.8 Å². The Morgan fingerprint density at radius 3 is 2.47 bits per heavy atom. The molecule has 4 rings (SSSR count). The number of hydrogen-bond acceptors (Lipinski definition) is 5. The maximum absolute atomic E-state index is 13.6. The van der Waals surface area contributed by atoms with Crippen molar-refractivity contribution in [2.45, 2.75) is 39.5 Å². The highest BCUT2D eigenvalue weighted by molar-refractivity contribution is 8.26. The van der Waals surface area contributed by atoms with Crippen LogP contribution in [-0.4, -0.2) is 40.0 Å². The molecule has 3 amide bonds. The molecule has 1 fully saturated rings. The molecule has 0 bridgehead atoms. The SMILES string of the molecule is CCCCC(CC)CN1C(=O)C(=C2C(=O)N(CC(=O)Nc3ccc(F)cc3)c3ccccc32)SC1=S. The number of para-hydroxylation sites is 1. The molecule has 0 spiro atoms. The third-order valence-corrected chi connectivity index (χ3v) is 7.86. The van der Waals surface area contributed by atoms with Gasteiger partial charge in [-0.1, -0.05) is 75.3 Å². The summed E-state index contributed by atoms with van der Waals surface area (Å²) in [5, 5.41) is 2.68. The van der Waals surface area contributed by atoms with Crippen LogP contribution >= 0.6 is 24.0 Å². The Kier molecular flexibility index (Phi) is 8.21. The van der Waals surface area contributed by atoms with E-state index in [4.69, 9.17) is 12.2 Å². The van der Waals surface area contributed by atoms with Crippen molar-refractivity contribution in [2.75, 3.05) is 23.3 Å². The number of thiocarbonyl (C=S) groups is 1. The summed E-state index contributed by atoms with van der Waals surface area (Å²) < 4.78 is 13.6. The second-order valence-corrected chi connectivity index (χ2v) is 10.5. The molecule has 2 aliphatic heterocycles. The van der Waals surface area contributed by atoms with Crippen LogP contribution in [0.5, 0.6) is 0 Å². The number of fused-ring (bicyclic) bond motifs is 1. The Balaban J connectivity index is 1.58. The molecule has 1 unspecified atom stereocenters. The smallest absolute Gasteiger partial charge is 0.267 e. The van der Waals surface area contributed by atoms with Gasteiger partial charge >= 0.3 is 0 Å². The summed E-state index contributed by atoms with van der Waals surface area (Å²) in [4.78, 5) is 43.1. The summed E-state index contributed by atoms with van der Waals surface area (Å²) in [6.45, 7) is 4.55. The van der Waals surface area contributed by atoms with Gasteiger partial charge in [0, 0.05) is 17.8 Å². The van der Waals surface area contributed by atoms with Gasteiger partial charge in [-0.25, -0.2) is 4.39 Å². The highest BCUT2D eigenvalue weighted by Crippen LogP contribution is 2.44. The fourth-order valence-electron chi connectivity index (χ4n) is 4.42. The number of unbranched alkanes of at least 4 members (excludes halogenated alkanes) is 1. The molecular weight excluding hydrogens is 497 g/mol. The van der Waals surface area contributed by atoms with Crippen molar-refractivity contribution in [1.29, 1.82) is 0 Å². The van der Waals surface area contributed by atoms with Crippen molar-refractivity contribution >= 4 is 63.0 Å². The number of rotatable bonds is 9. The van der Waals surface area contributed by atoms with E-state index >= 15 is 0 Å². The molecule has 1 N–H and O–H groups in total. The number of nitrogens with one attached hydrogen (secondary N) is 1. The molecule has 188 valence electrons. The fraction of sp³-hybridized carbons (Fsp3) is 0.333. The zero-order valence-corrected chi connectivity index (χ0v) is 21.9. The molecule has 0 saturated carbocycles. The van der Waals surface area contributed by atoms with Crippen LogP contribution < -0.4 is 10.2 Å². The minimum atomic E-state index is -0.430. The van der Waals surface area contributed by atoms with Gasteiger partial charge < -0.3 is 5.32 Å². The second kappa shape index (κ2) is 11.3. The van der Waals surface area contributed by atoms with Crippen LogP contribution in [0, 0.1) is 11.7 Å². The molecule has 0 aliphatic carbocycles. The normalized spacial score (nSPS) is 18.1. The van der Waals surface area contributed by atoms with Gasteiger partial charge in [0.05, 0.1) is 16.2 Å². The number of carbonyl (C=O) groups is 3. The van der Waals surface area contributed by atoms with E-state index in [1.165, 1.54) is 29.2 Å². The molecule has 6 nitrogen and oxygen atoms in total. The molecule has 36 heavy (non-hydrogen) atoms. The Morgan fingerprint density at radius 1 is 1.06 bits per heavy atom. The van der Waals surface area contributed by atoms with Crippen molar-refractivity contribution in [3.8, 4) is 0 Å². The lowest BCUT2D eigenvalue weighted by atomic mass is 9.98. The van der Waals surface area contributed by atoms with Crippen LogP contribution in [0.4, 0.5) is 15.8 Å². The van der Waals surface area contributed by atoms with Crippen LogP contribution in [0.1, 0.15) is 45.1 Å². The summed E-state index contributed by atoms with van der Waals surface area (Å²) >= 11 is 6.70. The average molecular weight is 526 g/mol. The van der Waals surface area contributed by atoms with E-state index in [-0.39, 0.29) is 18.0 Å². The molecule has 0 aromatic heterocycles. The topological polar surface area (TPSA) is 69.7 Å². The molecule has 2 heterocycles. The van der Waals surface area contributed by atoms with Crippen LogP contribution in [-0.2, 0) is 14.4 Å². The Labute approximate surface area is 219 Å². The van der Waals surface area contributed by atoms with Crippen molar-refractivity contribution in [1.82, 2.24) is 4.90 Å². The largest absolute Gasteiger partial charge is 0.325 e. The second-order valence-electron chi connectivity index (χ2n) is 8.87. The average Bonchev–Trinajstić information content (AvgIpc) is 3.30. The first-order valence-electron chi connectivity index (χ1n) is 12.1. The van der Waals surface area contributed by atoms with Gasteiger partial charge in [-0.3, -0.25) is 24.2 Å². The number of thioether (sulfide) groups is 1. The Morgan fingerprint density at radius 2 is 1.78 bits per heavy atom. The zero-order valence-electron chi connectivity index (χ0n) is 20.3. The predicted molar refractivity (Wildman–Crippen MR) is 146 cm³/mol. The maximum Gasteiger partial charge on any atom is 0.267 e. The van der Waals surface area contributed by atoms with E-state index in [2.05, 4.69) is 19.2 Å². The first-order valence-corrected chi connectivity index (χ1v) is 13.3.